The first kappa shape index (κ1) is 22.4. The number of hydrogen-bond donors (Lipinski definition) is 2. The van der Waals surface area contributed by atoms with Crippen molar-refractivity contribution in [2.75, 3.05) is 32.7 Å². The molecule has 0 unspecified atom stereocenters. The standard InChI is InChI=1S/C21H22N2O7/c1-13(24)14-5-4-6-16(7-14)23-19(25)12-30-20(26)11-22-21(27)15-8-17(28-2)10-18(9-15)29-3/h4-10H,11-12H2,1-3H3,(H,22,27)(H,23,25). The summed E-state index contributed by atoms with van der Waals surface area (Å²) >= 11 is 0. The Hall–Kier alpha value is -3.88. The Bertz CT molecular complexity index is 934. The Labute approximate surface area is 173 Å². The maximum absolute atomic E-state index is 12.2. The average Bonchev–Trinajstić information content (AvgIpc) is 2.75. The maximum Gasteiger partial charge on any atom is 0.325 e. The van der Waals surface area contributed by atoms with Crippen LogP contribution in [0.5, 0.6) is 11.5 Å². The van der Waals surface area contributed by atoms with E-state index in [0.29, 0.717) is 22.7 Å². The molecule has 2 amide bonds. The SMILES string of the molecule is COc1cc(OC)cc(C(=O)NCC(=O)OCC(=O)Nc2cccc(C(C)=O)c2)c1. The van der Waals surface area contributed by atoms with Crippen molar-refractivity contribution in [1.82, 2.24) is 5.32 Å². The number of Topliss-reactive ketones (excluding diaryl/α,β-unsaturated/α-hetero) is 1. The zero-order valence-corrected chi connectivity index (χ0v) is 16.8. The third-order valence-corrected chi connectivity index (χ3v) is 3.92. The van der Waals surface area contributed by atoms with Crippen molar-refractivity contribution < 1.29 is 33.4 Å². The van der Waals surface area contributed by atoms with Gasteiger partial charge >= 0.3 is 5.97 Å². The van der Waals surface area contributed by atoms with Crippen molar-refractivity contribution in [2.24, 2.45) is 0 Å². The quantitative estimate of drug-likeness (QED) is 0.474. The molecule has 0 radical (unpaired) electrons. The molecule has 9 heteroatoms. The number of carbonyl (C=O) groups is 4. The van der Waals surface area contributed by atoms with Gasteiger partial charge in [-0.25, -0.2) is 0 Å². The minimum Gasteiger partial charge on any atom is -0.497 e. The Kier molecular flexibility index (Phi) is 7.92. The van der Waals surface area contributed by atoms with Crippen molar-refractivity contribution in [1.29, 1.82) is 0 Å². The third-order valence-electron chi connectivity index (χ3n) is 3.92. The van der Waals surface area contributed by atoms with Gasteiger partial charge in [-0.3, -0.25) is 19.2 Å². The summed E-state index contributed by atoms with van der Waals surface area (Å²) in [4.78, 5) is 47.3. The van der Waals surface area contributed by atoms with E-state index >= 15 is 0 Å². The van der Waals surface area contributed by atoms with Gasteiger partial charge in [0.15, 0.2) is 12.4 Å². The number of anilines is 1. The highest BCUT2D eigenvalue weighted by molar-refractivity contribution is 5.98. The van der Waals surface area contributed by atoms with Crippen LogP contribution in [-0.4, -0.2) is 50.9 Å². The van der Waals surface area contributed by atoms with E-state index in [4.69, 9.17) is 14.2 Å². The molecular weight excluding hydrogens is 392 g/mol. The smallest absolute Gasteiger partial charge is 0.325 e. The third kappa shape index (κ3) is 6.62. The van der Waals surface area contributed by atoms with Gasteiger partial charge in [0.1, 0.15) is 18.0 Å². The zero-order chi connectivity index (χ0) is 22.1. The van der Waals surface area contributed by atoms with Gasteiger partial charge < -0.3 is 24.8 Å². The lowest BCUT2D eigenvalue weighted by molar-refractivity contribution is -0.146. The fraction of sp³-hybridized carbons (Fsp3) is 0.238. The monoisotopic (exact) mass is 414 g/mol. The molecule has 0 saturated heterocycles. The van der Waals surface area contributed by atoms with Gasteiger partial charge in [0.05, 0.1) is 14.2 Å². The highest BCUT2D eigenvalue weighted by atomic mass is 16.5. The summed E-state index contributed by atoms with van der Waals surface area (Å²) in [5.74, 6) is -1.18. The van der Waals surface area contributed by atoms with E-state index in [9.17, 15) is 19.2 Å². The van der Waals surface area contributed by atoms with Crippen LogP contribution >= 0.6 is 0 Å². The first-order valence-corrected chi connectivity index (χ1v) is 8.90. The van der Waals surface area contributed by atoms with Crippen LogP contribution in [0.3, 0.4) is 0 Å². The first-order valence-electron chi connectivity index (χ1n) is 8.90. The molecule has 0 fully saturated rings. The number of hydrogen-bond acceptors (Lipinski definition) is 7. The molecule has 2 N–H and O–H groups in total. The molecule has 9 nitrogen and oxygen atoms in total. The molecule has 0 aliphatic rings. The van der Waals surface area contributed by atoms with Crippen LogP contribution in [0.1, 0.15) is 27.6 Å². The maximum atomic E-state index is 12.2. The summed E-state index contributed by atoms with van der Waals surface area (Å²) in [5.41, 5.74) is 1.09. The first-order chi connectivity index (χ1) is 14.3. The molecule has 0 saturated carbocycles. The normalized spacial score (nSPS) is 9.97. The van der Waals surface area contributed by atoms with E-state index in [1.54, 1.807) is 24.3 Å². The highest BCUT2D eigenvalue weighted by Crippen LogP contribution is 2.22. The van der Waals surface area contributed by atoms with Crippen LogP contribution in [0.2, 0.25) is 0 Å². The van der Waals surface area contributed by atoms with Gasteiger partial charge in [-0.2, -0.15) is 0 Å². The Morgan fingerprint density at radius 2 is 1.57 bits per heavy atom. The fourth-order valence-electron chi connectivity index (χ4n) is 2.40. The highest BCUT2D eigenvalue weighted by Gasteiger charge is 2.13. The second kappa shape index (κ2) is 10.6. The van der Waals surface area contributed by atoms with Crippen LogP contribution in [-0.2, 0) is 14.3 Å². The van der Waals surface area contributed by atoms with Crippen LogP contribution in [0.25, 0.3) is 0 Å². The summed E-state index contributed by atoms with van der Waals surface area (Å²) in [5, 5.41) is 4.93. The van der Waals surface area contributed by atoms with Crippen molar-refractivity contribution >= 4 is 29.3 Å². The minimum absolute atomic E-state index is 0.137. The molecule has 0 bridgehead atoms. The predicted molar refractivity (Wildman–Crippen MR) is 108 cm³/mol. The van der Waals surface area contributed by atoms with Crippen LogP contribution in [0, 0.1) is 0 Å². The number of ether oxygens (including phenoxy) is 3. The molecule has 0 atom stereocenters. The predicted octanol–water partition coefficient (Wildman–Crippen LogP) is 1.82. The molecule has 0 aromatic heterocycles. The summed E-state index contributed by atoms with van der Waals surface area (Å²) in [6.07, 6.45) is 0. The van der Waals surface area contributed by atoms with Gasteiger partial charge in [0, 0.05) is 22.9 Å². The second-order valence-corrected chi connectivity index (χ2v) is 6.13. The Morgan fingerprint density at radius 1 is 0.900 bits per heavy atom. The van der Waals surface area contributed by atoms with E-state index in [0.717, 1.165) is 0 Å². The van der Waals surface area contributed by atoms with Crippen LogP contribution in [0.15, 0.2) is 42.5 Å². The lowest BCUT2D eigenvalue weighted by Crippen LogP contribution is -2.32. The van der Waals surface area contributed by atoms with Gasteiger partial charge in [-0.05, 0) is 31.2 Å². The average molecular weight is 414 g/mol. The Morgan fingerprint density at radius 3 is 2.17 bits per heavy atom. The van der Waals surface area contributed by atoms with Gasteiger partial charge in [0.25, 0.3) is 11.8 Å². The fourth-order valence-corrected chi connectivity index (χ4v) is 2.40. The number of ketones is 1. The molecule has 0 aliphatic heterocycles. The topological polar surface area (TPSA) is 120 Å². The van der Waals surface area contributed by atoms with E-state index in [1.807, 2.05) is 0 Å². The second-order valence-electron chi connectivity index (χ2n) is 6.13. The number of benzene rings is 2. The Balaban J connectivity index is 1.82. The van der Waals surface area contributed by atoms with Crippen molar-refractivity contribution in [3.8, 4) is 11.5 Å². The largest absolute Gasteiger partial charge is 0.497 e. The number of amides is 2. The molecular formula is C21H22N2O7. The lowest BCUT2D eigenvalue weighted by atomic mass is 10.1. The molecule has 0 spiro atoms. The zero-order valence-electron chi connectivity index (χ0n) is 16.8. The summed E-state index contributed by atoms with van der Waals surface area (Å²) in [6, 6.07) is 11.0. The van der Waals surface area contributed by atoms with E-state index in [1.165, 1.54) is 39.3 Å². The number of carbonyl (C=O) groups excluding carboxylic acids is 4. The molecule has 2 aromatic carbocycles. The summed E-state index contributed by atoms with van der Waals surface area (Å²) in [6.45, 7) is 0.454. The van der Waals surface area contributed by atoms with Gasteiger partial charge in [-0.1, -0.05) is 12.1 Å². The molecule has 30 heavy (non-hydrogen) atoms. The minimum atomic E-state index is -0.786. The number of methoxy groups -OCH3 is 2. The molecule has 0 aliphatic carbocycles. The van der Waals surface area contributed by atoms with Crippen LogP contribution < -0.4 is 20.1 Å². The van der Waals surface area contributed by atoms with E-state index in [-0.39, 0.29) is 11.3 Å². The van der Waals surface area contributed by atoms with Crippen molar-refractivity contribution in [3.63, 3.8) is 0 Å². The number of nitrogens with one attached hydrogen (secondary N) is 2. The number of rotatable bonds is 9. The molecule has 2 aromatic rings. The molecule has 2 rings (SSSR count). The molecule has 158 valence electrons. The summed E-state index contributed by atoms with van der Waals surface area (Å²) in [7, 11) is 2.91. The van der Waals surface area contributed by atoms with Gasteiger partial charge in [-0.15, -0.1) is 0 Å². The van der Waals surface area contributed by atoms with Crippen LogP contribution in [0.4, 0.5) is 5.69 Å². The van der Waals surface area contributed by atoms with Crippen molar-refractivity contribution in [3.05, 3.63) is 53.6 Å². The molecule has 0 heterocycles. The number of esters is 1. The van der Waals surface area contributed by atoms with Crippen molar-refractivity contribution in [2.45, 2.75) is 6.92 Å². The van der Waals surface area contributed by atoms with E-state index < -0.39 is 30.9 Å². The van der Waals surface area contributed by atoms with E-state index in [2.05, 4.69) is 10.6 Å². The lowest BCUT2D eigenvalue weighted by Gasteiger charge is -2.10. The summed E-state index contributed by atoms with van der Waals surface area (Å²) < 4.78 is 15.0. The van der Waals surface area contributed by atoms with Gasteiger partial charge in [0.2, 0.25) is 0 Å².